The Morgan fingerprint density at radius 1 is 1.28 bits per heavy atom. The fourth-order valence-electron chi connectivity index (χ4n) is 2.15. The molecule has 0 unspecified atom stereocenters. The maximum Gasteiger partial charge on any atom is 0.268 e. The lowest BCUT2D eigenvalue weighted by molar-refractivity contribution is 0.0912. The highest BCUT2D eigenvalue weighted by molar-refractivity contribution is 5.96. The summed E-state index contributed by atoms with van der Waals surface area (Å²) in [6.07, 6.45) is 3.23. The van der Waals surface area contributed by atoms with Crippen LogP contribution < -0.4 is 10.9 Å². The van der Waals surface area contributed by atoms with Crippen molar-refractivity contribution in [2.75, 3.05) is 0 Å². The molecule has 4 nitrogen and oxygen atoms in total. The summed E-state index contributed by atoms with van der Waals surface area (Å²) in [5, 5.41) is 4.32. The van der Waals surface area contributed by atoms with Crippen LogP contribution in [0, 0.1) is 0 Å². The minimum atomic E-state index is -0.216. The maximum absolute atomic E-state index is 12.0. The number of nitrogens with one attached hydrogen (secondary N) is 2. The molecule has 0 spiro atoms. The van der Waals surface area contributed by atoms with Gasteiger partial charge in [-0.1, -0.05) is 18.2 Å². The van der Waals surface area contributed by atoms with Gasteiger partial charge in [-0.15, -0.1) is 0 Å². The summed E-state index contributed by atoms with van der Waals surface area (Å²) >= 11 is 0. The average molecular weight is 242 g/mol. The van der Waals surface area contributed by atoms with E-state index in [9.17, 15) is 9.59 Å². The number of aromatic amines is 1. The third-order valence-corrected chi connectivity index (χ3v) is 3.44. The number of aromatic nitrogens is 1. The quantitative estimate of drug-likeness (QED) is 0.843. The average Bonchev–Trinajstić information content (AvgIpc) is 2.33. The molecular weight excluding hydrogens is 228 g/mol. The van der Waals surface area contributed by atoms with Gasteiger partial charge in [0, 0.05) is 11.4 Å². The molecule has 1 aliphatic carbocycles. The van der Waals surface area contributed by atoms with Gasteiger partial charge in [0.05, 0.1) is 0 Å². The molecule has 1 heterocycles. The predicted octanol–water partition coefficient (Wildman–Crippen LogP) is 1.81. The van der Waals surface area contributed by atoms with Crippen molar-refractivity contribution in [2.24, 2.45) is 0 Å². The van der Waals surface area contributed by atoms with E-state index in [4.69, 9.17) is 0 Å². The molecule has 92 valence electrons. The van der Waals surface area contributed by atoms with Crippen LogP contribution in [0.5, 0.6) is 0 Å². The van der Waals surface area contributed by atoms with Crippen LogP contribution in [0.25, 0.3) is 10.8 Å². The molecule has 1 aliphatic rings. The highest BCUT2D eigenvalue weighted by Crippen LogP contribution is 2.18. The van der Waals surface area contributed by atoms with Gasteiger partial charge in [0.1, 0.15) is 5.69 Å². The van der Waals surface area contributed by atoms with Gasteiger partial charge in [-0.25, -0.2) is 0 Å². The predicted molar refractivity (Wildman–Crippen MR) is 69.7 cm³/mol. The van der Waals surface area contributed by atoms with Crippen molar-refractivity contribution >= 4 is 16.7 Å². The van der Waals surface area contributed by atoms with Gasteiger partial charge in [0.2, 0.25) is 0 Å². The Bertz CT molecular complexity index is 656. The second-order valence-corrected chi connectivity index (χ2v) is 4.70. The van der Waals surface area contributed by atoms with E-state index in [0.717, 1.165) is 18.2 Å². The van der Waals surface area contributed by atoms with Gasteiger partial charge in [0.25, 0.3) is 11.5 Å². The summed E-state index contributed by atoms with van der Waals surface area (Å²) in [6, 6.07) is 9.26. The van der Waals surface area contributed by atoms with E-state index < -0.39 is 0 Å². The zero-order valence-electron chi connectivity index (χ0n) is 9.90. The first kappa shape index (κ1) is 11.0. The van der Waals surface area contributed by atoms with E-state index in [0.29, 0.717) is 11.1 Å². The number of hydrogen-bond donors (Lipinski definition) is 2. The van der Waals surface area contributed by atoms with Crippen molar-refractivity contribution in [3.8, 4) is 0 Å². The third-order valence-electron chi connectivity index (χ3n) is 3.44. The van der Waals surface area contributed by atoms with Crippen molar-refractivity contribution in [1.82, 2.24) is 10.3 Å². The van der Waals surface area contributed by atoms with Crippen molar-refractivity contribution in [3.05, 3.63) is 46.4 Å². The van der Waals surface area contributed by atoms with Crippen LogP contribution >= 0.6 is 0 Å². The molecule has 0 aliphatic heterocycles. The van der Waals surface area contributed by atoms with E-state index in [1.807, 2.05) is 18.2 Å². The molecule has 3 rings (SSSR count). The van der Waals surface area contributed by atoms with Crippen LogP contribution in [0.3, 0.4) is 0 Å². The first-order chi connectivity index (χ1) is 8.74. The summed E-state index contributed by atoms with van der Waals surface area (Å²) in [4.78, 5) is 26.4. The summed E-state index contributed by atoms with van der Waals surface area (Å²) < 4.78 is 0. The molecular formula is C14H14N2O2. The maximum atomic E-state index is 12.0. The minimum Gasteiger partial charge on any atom is -0.348 e. The van der Waals surface area contributed by atoms with Gasteiger partial charge in [-0.3, -0.25) is 9.59 Å². The number of rotatable bonds is 2. The zero-order valence-corrected chi connectivity index (χ0v) is 9.90. The lowest BCUT2D eigenvalue weighted by atomic mass is 9.93. The molecule has 1 fully saturated rings. The SMILES string of the molecule is O=C(NC1CCC1)c1cc2ccccc2c(=O)[nH]1. The van der Waals surface area contributed by atoms with Crippen molar-refractivity contribution in [2.45, 2.75) is 25.3 Å². The second kappa shape index (κ2) is 4.29. The number of H-pyrrole nitrogens is 1. The molecule has 4 heteroatoms. The molecule has 1 amide bonds. The first-order valence-electron chi connectivity index (χ1n) is 6.17. The first-order valence-corrected chi connectivity index (χ1v) is 6.17. The monoisotopic (exact) mass is 242 g/mol. The molecule has 1 aromatic heterocycles. The van der Waals surface area contributed by atoms with Crippen LogP contribution in [0.1, 0.15) is 29.8 Å². The molecule has 0 radical (unpaired) electrons. The summed E-state index contributed by atoms with van der Waals surface area (Å²) in [5.41, 5.74) is 0.123. The Kier molecular flexibility index (Phi) is 2.63. The smallest absolute Gasteiger partial charge is 0.268 e. The van der Waals surface area contributed by atoms with Gasteiger partial charge in [0.15, 0.2) is 0 Å². The molecule has 0 bridgehead atoms. The highest BCUT2D eigenvalue weighted by Gasteiger charge is 2.20. The molecule has 18 heavy (non-hydrogen) atoms. The molecule has 0 atom stereocenters. The third kappa shape index (κ3) is 1.90. The van der Waals surface area contributed by atoms with E-state index in [-0.39, 0.29) is 17.5 Å². The number of carbonyl (C=O) groups excluding carboxylic acids is 1. The second-order valence-electron chi connectivity index (χ2n) is 4.70. The number of hydrogen-bond acceptors (Lipinski definition) is 2. The highest BCUT2D eigenvalue weighted by atomic mass is 16.2. The number of amides is 1. The Hall–Kier alpha value is -2.10. The standard InChI is InChI=1S/C14H14N2O2/c17-13-11-7-2-1-4-9(11)8-12(16-13)14(18)15-10-5-3-6-10/h1-2,4,7-8,10H,3,5-6H2,(H,15,18)(H,16,17). The summed E-state index contributed by atoms with van der Waals surface area (Å²) in [6.45, 7) is 0. The Morgan fingerprint density at radius 2 is 2.06 bits per heavy atom. The topological polar surface area (TPSA) is 62.0 Å². The summed E-state index contributed by atoms with van der Waals surface area (Å²) in [5.74, 6) is -0.192. The number of benzene rings is 1. The van der Waals surface area contributed by atoms with Crippen molar-refractivity contribution in [1.29, 1.82) is 0 Å². The van der Waals surface area contributed by atoms with Crippen LogP contribution in [0.4, 0.5) is 0 Å². The van der Waals surface area contributed by atoms with E-state index in [1.165, 1.54) is 6.42 Å². The van der Waals surface area contributed by atoms with Gasteiger partial charge in [-0.05, 0) is 36.8 Å². The largest absolute Gasteiger partial charge is 0.348 e. The molecule has 0 saturated heterocycles. The van der Waals surface area contributed by atoms with Crippen LogP contribution in [-0.4, -0.2) is 16.9 Å². The van der Waals surface area contributed by atoms with Crippen LogP contribution in [-0.2, 0) is 0 Å². The Balaban J connectivity index is 1.96. The lowest BCUT2D eigenvalue weighted by Crippen LogP contribution is -2.40. The minimum absolute atomic E-state index is 0.192. The molecule has 2 aromatic rings. The number of pyridine rings is 1. The van der Waals surface area contributed by atoms with E-state index in [2.05, 4.69) is 10.3 Å². The van der Waals surface area contributed by atoms with Gasteiger partial charge < -0.3 is 10.3 Å². The molecule has 1 aromatic carbocycles. The lowest BCUT2D eigenvalue weighted by Gasteiger charge is -2.26. The van der Waals surface area contributed by atoms with Gasteiger partial charge in [-0.2, -0.15) is 0 Å². The van der Waals surface area contributed by atoms with Crippen LogP contribution in [0.15, 0.2) is 35.1 Å². The van der Waals surface area contributed by atoms with Crippen molar-refractivity contribution < 1.29 is 4.79 Å². The Labute approximate surface area is 104 Å². The fraction of sp³-hybridized carbons (Fsp3) is 0.286. The number of carbonyl (C=O) groups is 1. The summed E-state index contributed by atoms with van der Waals surface area (Å²) in [7, 11) is 0. The fourth-order valence-corrected chi connectivity index (χ4v) is 2.15. The van der Waals surface area contributed by atoms with E-state index >= 15 is 0 Å². The van der Waals surface area contributed by atoms with E-state index in [1.54, 1.807) is 12.1 Å². The number of fused-ring (bicyclic) bond motifs is 1. The van der Waals surface area contributed by atoms with Gasteiger partial charge >= 0.3 is 0 Å². The molecule has 1 saturated carbocycles. The van der Waals surface area contributed by atoms with Crippen molar-refractivity contribution in [3.63, 3.8) is 0 Å². The van der Waals surface area contributed by atoms with Crippen LogP contribution in [0.2, 0.25) is 0 Å². The zero-order chi connectivity index (χ0) is 12.5. The molecule has 2 N–H and O–H groups in total. The Morgan fingerprint density at radius 3 is 2.78 bits per heavy atom. The normalized spacial score (nSPS) is 15.3.